The summed E-state index contributed by atoms with van der Waals surface area (Å²) in [5, 5.41) is 0.209. The van der Waals surface area contributed by atoms with E-state index in [2.05, 4.69) is 16.7 Å². The maximum atomic E-state index is 16.1. The van der Waals surface area contributed by atoms with Crippen molar-refractivity contribution < 1.29 is 22.4 Å². The molecule has 0 unspecified atom stereocenters. The number of rotatable bonds is 8. The molecule has 0 N–H and O–H groups in total. The van der Waals surface area contributed by atoms with Crippen molar-refractivity contribution in [3.8, 4) is 0 Å². The average Bonchev–Trinajstić information content (AvgIpc) is 3.91. The van der Waals surface area contributed by atoms with Gasteiger partial charge in [-0.05, 0) is 57.1 Å². The molecule has 1 aliphatic carbocycles. The van der Waals surface area contributed by atoms with Gasteiger partial charge in [-0.3, -0.25) is 14.5 Å². The smallest absolute Gasteiger partial charge is 0.196 e. The van der Waals surface area contributed by atoms with Crippen LogP contribution in [0.1, 0.15) is 48.1 Å². The summed E-state index contributed by atoms with van der Waals surface area (Å²) in [6.45, 7) is 7.11. The van der Waals surface area contributed by atoms with E-state index in [0.29, 0.717) is 50.5 Å². The molecule has 12 heteroatoms. The highest BCUT2D eigenvalue weighted by Crippen LogP contribution is 2.41. The quantitative estimate of drug-likeness (QED) is 0.245. The number of Topliss-reactive ketones (excluding diaryl/α,β-unsaturated/α-hetero) is 1. The summed E-state index contributed by atoms with van der Waals surface area (Å²) < 4.78 is 63.2. The molecule has 3 aromatic rings. The van der Waals surface area contributed by atoms with Crippen LogP contribution in [0.2, 0.25) is 0 Å². The molecule has 2 aromatic carbocycles. The third-order valence-corrected chi connectivity index (χ3v) is 10.2. The number of aromatic nitrogens is 1. The van der Waals surface area contributed by atoms with E-state index >= 15 is 13.2 Å². The summed E-state index contributed by atoms with van der Waals surface area (Å²) in [5.74, 6) is -2.83. The zero-order valence-corrected chi connectivity index (χ0v) is 27.6. The number of alkyl halides is 1. The molecule has 2 saturated heterocycles. The zero-order valence-electron chi connectivity index (χ0n) is 27.6. The van der Waals surface area contributed by atoms with Crippen molar-refractivity contribution in [1.82, 2.24) is 14.4 Å². The third kappa shape index (κ3) is 5.97. The number of halogens is 4. The van der Waals surface area contributed by atoms with Crippen molar-refractivity contribution in [1.29, 1.82) is 0 Å². The summed E-state index contributed by atoms with van der Waals surface area (Å²) in [7, 11) is 1.94. The largest absolute Gasteiger partial charge is 0.367 e. The lowest BCUT2D eigenvalue weighted by Gasteiger charge is -2.37. The minimum absolute atomic E-state index is 0.114. The lowest BCUT2D eigenvalue weighted by Crippen LogP contribution is -2.46. The van der Waals surface area contributed by atoms with Crippen molar-refractivity contribution in [2.75, 3.05) is 100 Å². The summed E-state index contributed by atoms with van der Waals surface area (Å²) in [6, 6.07) is 4.23. The Balaban J connectivity index is 1.27. The number of likely N-dealkylation sites (N-methyl/N-ethyl adjacent to an activating group) is 1. The Morgan fingerprint density at radius 2 is 1.56 bits per heavy atom. The van der Waals surface area contributed by atoms with Crippen LogP contribution in [0.5, 0.6) is 0 Å². The number of benzene rings is 2. The summed E-state index contributed by atoms with van der Waals surface area (Å²) in [4.78, 5) is 37.2. The van der Waals surface area contributed by atoms with Crippen LogP contribution < -0.4 is 20.1 Å². The lowest BCUT2D eigenvalue weighted by molar-refractivity contribution is 0.102. The topological polar surface area (TPSA) is 55.3 Å². The molecule has 0 atom stereocenters. The van der Waals surface area contributed by atoms with Gasteiger partial charge in [-0.15, -0.1) is 0 Å². The van der Waals surface area contributed by atoms with Gasteiger partial charge in [0.05, 0.1) is 22.5 Å². The third-order valence-electron chi connectivity index (χ3n) is 10.2. The summed E-state index contributed by atoms with van der Waals surface area (Å²) in [6.07, 6.45) is 6.01. The van der Waals surface area contributed by atoms with Crippen LogP contribution in [-0.4, -0.2) is 106 Å². The molecule has 8 nitrogen and oxygen atoms in total. The fraction of sp³-hybridized carbons (Fsp3) is 0.500. The van der Waals surface area contributed by atoms with Gasteiger partial charge in [0, 0.05) is 94.2 Å². The summed E-state index contributed by atoms with van der Waals surface area (Å²) in [5.41, 5.74) is 0.426. The van der Waals surface area contributed by atoms with Crippen LogP contribution in [0, 0.1) is 17.5 Å². The minimum atomic E-state index is -0.879. The average molecular weight is 667 g/mol. The molecule has 4 aliphatic rings. The van der Waals surface area contributed by atoms with Crippen LogP contribution in [-0.2, 0) is 0 Å². The second-order valence-electron chi connectivity index (χ2n) is 13.5. The van der Waals surface area contributed by atoms with Crippen LogP contribution in [0.25, 0.3) is 17.0 Å². The van der Waals surface area contributed by atoms with E-state index in [1.807, 2.05) is 16.5 Å². The van der Waals surface area contributed by atoms with E-state index in [1.165, 1.54) is 17.0 Å². The Hall–Kier alpha value is -3.90. The zero-order chi connectivity index (χ0) is 33.7. The van der Waals surface area contributed by atoms with Crippen LogP contribution >= 0.6 is 0 Å². The normalized spacial score (nSPS) is 20.3. The van der Waals surface area contributed by atoms with Gasteiger partial charge in [-0.1, -0.05) is 6.92 Å². The van der Waals surface area contributed by atoms with E-state index in [-0.39, 0.29) is 52.6 Å². The fourth-order valence-corrected chi connectivity index (χ4v) is 7.43. The van der Waals surface area contributed by atoms with Crippen molar-refractivity contribution in [3.05, 3.63) is 68.8 Å². The monoisotopic (exact) mass is 666 g/mol. The first-order chi connectivity index (χ1) is 23.2. The number of carbonyl (C=O) groups is 1. The summed E-state index contributed by atoms with van der Waals surface area (Å²) >= 11 is 0. The van der Waals surface area contributed by atoms with Gasteiger partial charge in [-0.25, -0.2) is 17.6 Å². The number of nitrogens with zero attached hydrogens (tertiary/aromatic N) is 6. The molecule has 0 amide bonds. The number of hydrogen-bond donors (Lipinski definition) is 0. The van der Waals surface area contributed by atoms with Crippen LogP contribution in [0.15, 0.2) is 34.8 Å². The van der Waals surface area contributed by atoms with Crippen LogP contribution in [0.3, 0.4) is 0 Å². The second kappa shape index (κ2) is 13.2. The number of carbonyl (C=O) groups excluding carboxylic acids is 1. The van der Waals surface area contributed by atoms with E-state index in [0.717, 1.165) is 45.0 Å². The Labute approximate surface area is 277 Å². The standard InChI is InChI=1S/C36H42F4N6O2/c1-3-7-42-11-15-43(16-12-42)31-20-30-26(18-28(31)38)35(47)24(22-46(30)25-4-5-25)17-23-21-45(8-6-37)33-27(36(23)48)19-29(39)34(32(33)40)44-13-9-41(2)10-14-44/h17-20,22,25H,3-16,21H2,1-2H3/b23-17+. The van der Waals surface area contributed by atoms with E-state index in [4.69, 9.17) is 0 Å². The minimum Gasteiger partial charge on any atom is -0.367 e. The molecule has 1 aromatic heterocycles. The van der Waals surface area contributed by atoms with Gasteiger partial charge in [-0.2, -0.15) is 0 Å². The van der Waals surface area contributed by atoms with E-state index in [1.54, 1.807) is 17.2 Å². The molecule has 256 valence electrons. The first kappa shape index (κ1) is 32.6. The Bertz CT molecular complexity index is 1820. The lowest BCUT2D eigenvalue weighted by atomic mass is 9.93. The highest BCUT2D eigenvalue weighted by Gasteiger charge is 2.35. The highest BCUT2D eigenvalue weighted by atomic mass is 19.1. The van der Waals surface area contributed by atoms with Crippen LogP contribution in [0.4, 0.5) is 34.6 Å². The maximum absolute atomic E-state index is 16.1. The van der Waals surface area contributed by atoms with E-state index < -0.39 is 35.3 Å². The molecule has 0 radical (unpaired) electrons. The predicted molar refractivity (Wildman–Crippen MR) is 182 cm³/mol. The number of hydrogen-bond acceptors (Lipinski definition) is 7. The number of fused-ring (bicyclic) bond motifs is 2. The van der Waals surface area contributed by atoms with Crippen molar-refractivity contribution >= 4 is 39.8 Å². The number of ketones is 1. The second-order valence-corrected chi connectivity index (χ2v) is 13.5. The SMILES string of the molecule is CCCN1CCN(c2cc3c(cc2F)c(=O)c(/C=C2\CN(CCF)c4c(cc(F)c(N5CCN(C)CC5)c4F)C2=O)cn3C2CC2)CC1. The molecule has 48 heavy (non-hydrogen) atoms. The number of anilines is 3. The van der Waals surface area contributed by atoms with Gasteiger partial charge >= 0.3 is 0 Å². The molecular formula is C36H42F4N6O2. The molecule has 3 aliphatic heterocycles. The Morgan fingerprint density at radius 1 is 0.854 bits per heavy atom. The molecule has 3 fully saturated rings. The van der Waals surface area contributed by atoms with Gasteiger partial charge < -0.3 is 24.2 Å². The highest BCUT2D eigenvalue weighted by molar-refractivity contribution is 6.17. The van der Waals surface area contributed by atoms with Gasteiger partial charge in [0.15, 0.2) is 17.0 Å². The molecule has 4 heterocycles. The molecular weight excluding hydrogens is 624 g/mol. The maximum Gasteiger partial charge on any atom is 0.196 e. The first-order valence-corrected chi connectivity index (χ1v) is 17.1. The number of piperazine rings is 2. The predicted octanol–water partition coefficient (Wildman–Crippen LogP) is 5.09. The van der Waals surface area contributed by atoms with Crippen molar-refractivity contribution in [2.45, 2.75) is 32.2 Å². The van der Waals surface area contributed by atoms with Crippen molar-refractivity contribution in [3.63, 3.8) is 0 Å². The molecule has 0 bridgehead atoms. The van der Waals surface area contributed by atoms with Crippen molar-refractivity contribution in [2.24, 2.45) is 0 Å². The molecule has 1 saturated carbocycles. The number of pyridine rings is 1. The Morgan fingerprint density at radius 3 is 2.23 bits per heavy atom. The fourth-order valence-electron chi connectivity index (χ4n) is 7.43. The molecule has 0 spiro atoms. The Kier molecular flexibility index (Phi) is 8.97. The van der Waals surface area contributed by atoms with E-state index in [9.17, 15) is 14.0 Å². The molecule has 7 rings (SSSR count). The first-order valence-electron chi connectivity index (χ1n) is 17.1. The van der Waals surface area contributed by atoms with Gasteiger partial charge in [0.1, 0.15) is 24.0 Å². The van der Waals surface area contributed by atoms with Gasteiger partial charge in [0.2, 0.25) is 0 Å². The van der Waals surface area contributed by atoms with Gasteiger partial charge in [0.25, 0.3) is 0 Å².